The van der Waals surface area contributed by atoms with E-state index in [9.17, 15) is 4.79 Å². The van der Waals surface area contributed by atoms with Gasteiger partial charge in [0.2, 0.25) is 0 Å². The highest BCUT2D eigenvalue weighted by Gasteiger charge is 2.20. The molecule has 6 nitrogen and oxygen atoms in total. The number of ether oxygens (including phenoxy) is 1. The van der Waals surface area contributed by atoms with Gasteiger partial charge in [-0.2, -0.15) is 0 Å². The van der Waals surface area contributed by atoms with Crippen LogP contribution in [0.2, 0.25) is 0 Å². The van der Waals surface area contributed by atoms with E-state index in [1.54, 1.807) is 10.0 Å². The number of carbonyl (C=O) groups excluding carboxylic acids is 1. The van der Waals surface area contributed by atoms with Gasteiger partial charge in [-0.25, -0.2) is 15.2 Å². The first-order chi connectivity index (χ1) is 11.6. The average Bonchev–Trinajstić information content (AvgIpc) is 2.44. The first kappa shape index (κ1) is 21.0. The standard InChI is InChI=1S/C19H32N4O2/c1-15(2)12-22(20)13-16(3)23(14-17-10-8-7-9-11-17)21-18(24)25-19(4,5)6/h7-11,15H,3,12-14,20H2,1-2,4-6H3,(H,21,24). The fourth-order valence-electron chi connectivity index (χ4n) is 2.26. The smallest absolute Gasteiger partial charge is 0.426 e. The molecular formula is C19H32N4O2. The van der Waals surface area contributed by atoms with E-state index in [4.69, 9.17) is 10.6 Å². The third kappa shape index (κ3) is 9.12. The normalized spacial score (nSPS) is 11.5. The average molecular weight is 348 g/mol. The molecular weight excluding hydrogens is 316 g/mol. The van der Waals surface area contributed by atoms with Crippen molar-refractivity contribution in [3.63, 3.8) is 0 Å². The molecule has 6 heteroatoms. The zero-order valence-corrected chi connectivity index (χ0v) is 16.1. The van der Waals surface area contributed by atoms with E-state index in [0.717, 1.165) is 12.1 Å². The lowest BCUT2D eigenvalue weighted by Gasteiger charge is -2.31. The van der Waals surface area contributed by atoms with E-state index in [0.29, 0.717) is 24.7 Å². The third-order valence-electron chi connectivity index (χ3n) is 3.18. The van der Waals surface area contributed by atoms with Crippen molar-refractivity contribution in [1.82, 2.24) is 15.4 Å². The van der Waals surface area contributed by atoms with E-state index in [1.807, 2.05) is 51.1 Å². The van der Waals surface area contributed by atoms with Crippen LogP contribution >= 0.6 is 0 Å². The second-order valence-corrected chi connectivity index (χ2v) is 7.57. The van der Waals surface area contributed by atoms with E-state index < -0.39 is 11.7 Å². The van der Waals surface area contributed by atoms with Crippen LogP contribution in [0.25, 0.3) is 0 Å². The van der Waals surface area contributed by atoms with Crippen LogP contribution in [-0.2, 0) is 11.3 Å². The van der Waals surface area contributed by atoms with Gasteiger partial charge in [-0.3, -0.25) is 10.9 Å². The van der Waals surface area contributed by atoms with Crippen LogP contribution in [0.1, 0.15) is 40.2 Å². The zero-order chi connectivity index (χ0) is 19.0. The molecule has 1 rings (SSSR count). The zero-order valence-electron chi connectivity index (χ0n) is 16.1. The van der Waals surface area contributed by atoms with Crippen LogP contribution in [0.4, 0.5) is 4.79 Å². The highest BCUT2D eigenvalue weighted by atomic mass is 16.6. The summed E-state index contributed by atoms with van der Waals surface area (Å²) in [5.41, 5.74) is 3.94. The molecule has 1 aromatic carbocycles. The van der Waals surface area contributed by atoms with Gasteiger partial charge in [0.15, 0.2) is 0 Å². The van der Waals surface area contributed by atoms with Gasteiger partial charge in [0.25, 0.3) is 0 Å². The molecule has 25 heavy (non-hydrogen) atoms. The van der Waals surface area contributed by atoms with E-state index >= 15 is 0 Å². The molecule has 0 atom stereocenters. The number of nitrogens with one attached hydrogen (secondary N) is 1. The minimum absolute atomic E-state index is 0.444. The van der Waals surface area contributed by atoms with Gasteiger partial charge in [0, 0.05) is 12.2 Å². The Morgan fingerprint density at radius 2 is 1.88 bits per heavy atom. The maximum absolute atomic E-state index is 12.2. The molecule has 0 unspecified atom stereocenters. The molecule has 0 fully saturated rings. The summed E-state index contributed by atoms with van der Waals surface area (Å²) >= 11 is 0. The minimum atomic E-state index is -0.568. The molecule has 0 spiro atoms. The Kier molecular flexibility index (Phi) is 7.93. The fourth-order valence-corrected chi connectivity index (χ4v) is 2.26. The lowest BCUT2D eigenvalue weighted by Crippen LogP contribution is -2.47. The summed E-state index contributed by atoms with van der Waals surface area (Å²) in [6.45, 7) is 15.4. The molecule has 0 heterocycles. The summed E-state index contributed by atoms with van der Waals surface area (Å²) in [6, 6.07) is 9.85. The SMILES string of the molecule is C=C(CN(N)CC(C)C)N(Cc1ccccc1)NC(=O)OC(C)(C)C. The molecule has 0 aliphatic carbocycles. The Morgan fingerprint density at radius 1 is 1.28 bits per heavy atom. The van der Waals surface area contributed by atoms with Crippen molar-refractivity contribution >= 4 is 6.09 Å². The van der Waals surface area contributed by atoms with E-state index in [2.05, 4.69) is 25.9 Å². The quantitative estimate of drug-likeness (QED) is 0.557. The number of amides is 1. The van der Waals surface area contributed by atoms with Crippen molar-refractivity contribution in [2.24, 2.45) is 11.8 Å². The second kappa shape index (κ2) is 9.44. The van der Waals surface area contributed by atoms with Crippen molar-refractivity contribution in [2.45, 2.75) is 46.8 Å². The summed E-state index contributed by atoms with van der Waals surface area (Å²) in [6.07, 6.45) is -0.517. The molecule has 3 N–H and O–H groups in total. The van der Waals surface area contributed by atoms with Crippen molar-refractivity contribution in [3.05, 3.63) is 48.2 Å². The molecule has 0 saturated heterocycles. The molecule has 0 saturated carbocycles. The van der Waals surface area contributed by atoms with Gasteiger partial charge < -0.3 is 4.74 Å². The molecule has 0 bridgehead atoms. The predicted molar refractivity (Wildman–Crippen MR) is 101 cm³/mol. The second-order valence-electron chi connectivity index (χ2n) is 7.57. The summed E-state index contributed by atoms with van der Waals surface area (Å²) in [5.74, 6) is 6.48. The minimum Gasteiger partial charge on any atom is -0.443 e. The lowest BCUT2D eigenvalue weighted by atomic mass is 10.2. The van der Waals surface area contributed by atoms with Crippen molar-refractivity contribution in [3.8, 4) is 0 Å². The Labute approximate surface area is 151 Å². The van der Waals surface area contributed by atoms with Crippen LogP contribution in [0.15, 0.2) is 42.6 Å². The van der Waals surface area contributed by atoms with Gasteiger partial charge in [-0.1, -0.05) is 50.8 Å². The lowest BCUT2D eigenvalue weighted by molar-refractivity contribution is 0.0357. The van der Waals surface area contributed by atoms with Gasteiger partial charge >= 0.3 is 6.09 Å². The van der Waals surface area contributed by atoms with Crippen LogP contribution in [-0.4, -0.2) is 34.8 Å². The third-order valence-corrected chi connectivity index (χ3v) is 3.18. The predicted octanol–water partition coefficient (Wildman–Crippen LogP) is 3.27. The van der Waals surface area contributed by atoms with Crippen molar-refractivity contribution in [1.29, 1.82) is 0 Å². The summed E-state index contributed by atoms with van der Waals surface area (Å²) in [7, 11) is 0. The van der Waals surface area contributed by atoms with Gasteiger partial charge in [-0.15, -0.1) is 0 Å². The molecule has 140 valence electrons. The molecule has 0 aliphatic heterocycles. The number of rotatable bonds is 8. The number of hydrogen-bond donors (Lipinski definition) is 2. The fraction of sp³-hybridized carbons (Fsp3) is 0.526. The van der Waals surface area contributed by atoms with Crippen LogP contribution in [0, 0.1) is 5.92 Å². The first-order valence-corrected chi connectivity index (χ1v) is 8.55. The Hall–Kier alpha value is -2.05. The highest BCUT2D eigenvalue weighted by Crippen LogP contribution is 2.11. The van der Waals surface area contributed by atoms with Crippen LogP contribution in [0.5, 0.6) is 0 Å². The van der Waals surface area contributed by atoms with Crippen molar-refractivity contribution in [2.75, 3.05) is 13.1 Å². The maximum Gasteiger partial charge on any atom is 0.426 e. The molecule has 1 aromatic rings. The van der Waals surface area contributed by atoms with Crippen LogP contribution < -0.4 is 11.3 Å². The summed E-state index contributed by atoms with van der Waals surface area (Å²) in [5, 5.41) is 3.38. The number of benzene rings is 1. The molecule has 1 amide bonds. The Bertz CT molecular complexity index is 552. The summed E-state index contributed by atoms with van der Waals surface area (Å²) in [4.78, 5) is 12.2. The monoisotopic (exact) mass is 348 g/mol. The molecule has 0 aliphatic rings. The van der Waals surface area contributed by atoms with Crippen LogP contribution in [0.3, 0.4) is 0 Å². The molecule has 0 aromatic heterocycles. The first-order valence-electron chi connectivity index (χ1n) is 8.55. The number of nitrogens with two attached hydrogens (primary N) is 1. The number of nitrogens with zero attached hydrogens (tertiary/aromatic N) is 2. The van der Waals surface area contributed by atoms with E-state index in [-0.39, 0.29) is 0 Å². The number of hydrazine groups is 2. The summed E-state index contributed by atoms with van der Waals surface area (Å²) < 4.78 is 5.35. The van der Waals surface area contributed by atoms with E-state index in [1.165, 1.54) is 0 Å². The highest BCUT2D eigenvalue weighted by molar-refractivity contribution is 5.67. The number of carbonyl (C=O) groups is 1. The topological polar surface area (TPSA) is 70.8 Å². The Balaban J connectivity index is 2.79. The Morgan fingerprint density at radius 3 is 2.40 bits per heavy atom. The van der Waals surface area contributed by atoms with Gasteiger partial charge in [-0.05, 0) is 32.3 Å². The molecule has 0 radical (unpaired) electrons. The largest absolute Gasteiger partial charge is 0.443 e. The van der Waals surface area contributed by atoms with Gasteiger partial charge in [0.1, 0.15) is 5.60 Å². The van der Waals surface area contributed by atoms with Crippen molar-refractivity contribution < 1.29 is 9.53 Å². The van der Waals surface area contributed by atoms with Gasteiger partial charge in [0.05, 0.1) is 13.1 Å². The maximum atomic E-state index is 12.2. The number of hydrogen-bond acceptors (Lipinski definition) is 5.